The van der Waals surface area contributed by atoms with Crippen molar-refractivity contribution in [2.45, 2.75) is 6.54 Å². The minimum atomic E-state index is -0.453. The lowest BCUT2D eigenvalue weighted by molar-refractivity contribution is -0.117. The number of nitriles is 1. The summed E-state index contributed by atoms with van der Waals surface area (Å²) in [6.45, 7) is 0.243. The van der Waals surface area contributed by atoms with E-state index in [-0.39, 0.29) is 17.9 Å². The van der Waals surface area contributed by atoms with Gasteiger partial charge in [-0.05, 0) is 29.3 Å². The SMILES string of the molecule is N#C/C(=C\c1ccccc1)C(=O)NCc1ccc(F)cc1. The van der Waals surface area contributed by atoms with Gasteiger partial charge in [0.2, 0.25) is 0 Å². The Bertz CT molecular complexity index is 685. The molecule has 0 unspecified atom stereocenters. The van der Waals surface area contributed by atoms with Crippen LogP contribution in [-0.2, 0) is 11.3 Å². The molecule has 2 rings (SSSR count). The lowest BCUT2D eigenvalue weighted by Crippen LogP contribution is -2.23. The summed E-state index contributed by atoms with van der Waals surface area (Å²) >= 11 is 0. The number of halogens is 1. The Morgan fingerprint density at radius 2 is 1.81 bits per heavy atom. The molecule has 0 bridgehead atoms. The van der Waals surface area contributed by atoms with E-state index in [4.69, 9.17) is 5.26 Å². The molecule has 4 heteroatoms. The molecule has 0 heterocycles. The highest BCUT2D eigenvalue weighted by molar-refractivity contribution is 6.01. The topological polar surface area (TPSA) is 52.9 Å². The molecule has 0 aliphatic rings. The van der Waals surface area contributed by atoms with Crippen molar-refractivity contribution in [2.75, 3.05) is 0 Å². The van der Waals surface area contributed by atoms with Crippen LogP contribution in [0.5, 0.6) is 0 Å². The van der Waals surface area contributed by atoms with Crippen LogP contribution in [0.15, 0.2) is 60.2 Å². The molecule has 0 fully saturated rings. The fourth-order valence-corrected chi connectivity index (χ4v) is 1.74. The minimum absolute atomic E-state index is 0.0308. The van der Waals surface area contributed by atoms with Crippen LogP contribution in [0.4, 0.5) is 4.39 Å². The van der Waals surface area contributed by atoms with Gasteiger partial charge < -0.3 is 5.32 Å². The number of amides is 1. The molecule has 1 amide bonds. The van der Waals surface area contributed by atoms with E-state index in [1.54, 1.807) is 12.1 Å². The zero-order chi connectivity index (χ0) is 15.1. The fraction of sp³-hybridized carbons (Fsp3) is 0.0588. The average Bonchev–Trinajstić information content (AvgIpc) is 2.52. The molecule has 1 N–H and O–H groups in total. The van der Waals surface area contributed by atoms with Crippen LogP contribution in [0.1, 0.15) is 11.1 Å². The van der Waals surface area contributed by atoms with E-state index in [2.05, 4.69) is 5.32 Å². The second kappa shape index (κ2) is 7.01. The fourth-order valence-electron chi connectivity index (χ4n) is 1.74. The molecule has 3 nitrogen and oxygen atoms in total. The maximum atomic E-state index is 12.8. The highest BCUT2D eigenvalue weighted by atomic mass is 19.1. The van der Waals surface area contributed by atoms with Gasteiger partial charge in [0.15, 0.2) is 0 Å². The highest BCUT2D eigenvalue weighted by Gasteiger charge is 2.08. The number of carbonyl (C=O) groups excluding carboxylic acids is 1. The van der Waals surface area contributed by atoms with Crippen molar-refractivity contribution in [1.29, 1.82) is 5.26 Å². The van der Waals surface area contributed by atoms with Gasteiger partial charge in [-0.15, -0.1) is 0 Å². The molecule has 0 radical (unpaired) electrons. The Hall–Kier alpha value is -2.93. The van der Waals surface area contributed by atoms with Crippen molar-refractivity contribution in [3.05, 3.63) is 77.1 Å². The number of carbonyl (C=O) groups is 1. The van der Waals surface area contributed by atoms with Crippen LogP contribution in [0, 0.1) is 17.1 Å². The molecule has 0 saturated carbocycles. The summed E-state index contributed by atoms with van der Waals surface area (Å²) in [5, 5.41) is 11.7. The second-order valence-electron chi connectivity index (χ2n) is 4.39. The quantitative estimate of drug-likeness (QED) is 0.691. The minimum Gasteiger partial charge on any atom is -0.347 e. The van der Waals surface area contributed by atoms with E-state index in [1.807, 2.05) is 36.4 Å². The van der Waals surface area contributed by atoms with E-state index < -0.39 is 5.91 Å². The van der Waals surface area contributed by atoms with Gasteiger partial charge in [0.25, 0.3) is 5.91 Å². The third-order valence-electron chi connectivity index (χ3n) is 2.84. The summed E-state index contributed by atoms with van der Waals surface area (Å²) in [6, 6.07) is 16.8. The van der Waals surface area contributed by atoms with Crippen molar-refractivity contribution in [2.24, 2.45) is 0 Å². The monoisotopic (exact) mass is 280 g/mol. The van der Waals surface area contributed by atoms with Crippen LogP contribution < -0.4 is 5.32 Å². The Labute approximate surface area is 122 Å². The molecule has 0 aliphatic heterocycles. The summed E-state index contributed by atoms with van der Waals surface area (Å²) in [5.41, 5.74) is 1.58. The van der Waals surface area contributed by atoms with Gasteiger partial charge in [-0.25, -0.2) is 4.39 Å². The molecule has 0 atom stereocenters. The zero-order valence-electron chi connectivity index (χ0n) is 11.2. The first-order valence-corrected chi connectivity index (χ1v) is 6.38. The van der Waals surface area contributed by atoms with Gasteiger partial charge in [-0.3, -0.25) is 4.79 Å². The van der Waals surface area contributed by atoms with Crippen LogP contribution in [0.2, 0.25) is 0 Å². The molecular weight excluding hydrogens is 267 g/mol. The average molecular weight is 280 g/mol. The van der Waals surface area contributed by atoms with Crippen LogP contribution in [0.25, 0.3) is 6.08 Å². The molecule has 2 aromatic rings. The Morgan fingerprint density at radius 1 is 1.14 bits per heavy atom. The molecule has 0 saturated heterocycles. The maximum Gasteiger partial charge on any atom is 0.262 e. The van der Waals surface area contributed by atoms with E-state index in [1.165, 1.54) is 18.2 Å². The van der Waals surface area contributed by atoms with E-state index >= 15 is 0 Å². The summed E-state index contributed by atoms with van der Waals surface area (Å²) in [6.07, 6.45) is 1.53. The first kappa shape index (κ1) is 14.5. The third-order valence-corrected chi connectivity index (χ3v) is 2.84. The van der Waals surface area contributed by atoms with Crippen LogP contribution in [0.3, 0.4) is 0 Å². The van der Waals surface area contributed by atoms with E-state index in [9.17, 15) is 9.18 Å². The van der Waals surface area contributed by atoms with E-state index in [0.717, 1.165) is 11.1 Å². The van der Waals surface area contributed by atoms with Crippen LogP contribution in [-0.4, -0.2) is 5.91 Å². The zero-order valence-corrected chi connectivity index (χ0v) is 11.2. The molecular formula is C17H13FN2O. The Morgan fingerprint density at radius 3 is 2.43 bits per heavy atom. The first-order valence-electron chi connectivity index (χ1n) is 6.38. The molecule has 0 aliphatic carbocycles. The van der Waals surface area contributed by atoms with Crippen molar-refractivity contribution in [3.63, 3.8) is 0 Å². The molecule has 0 aromatic heterocycles. The van der Waals surface area contributed by atoms with Crippen molar-refractivity contribution in [3.8, 4) is 6.07 Å². The maximum absolute atomic E-state index is 12.8. The summed E-state index contributed by atoms with van der Waals surface area (Å²) in [5.74, 6) is -0.780. The molecule has 21 heavy (non-hydrogen) atoms. The normalized spacial score (nSPS) is 10.8. The predicted octanol–water partition coefficient (Wildman–Crippen LogP) is 3.05. The number of rotatable bonds is 4. The molecule has 0 spiro atoms. The number of nitrogens with zero attached hydrogens (tertiary/aromatic N) is 1. The van der Waals surface area contributed by atoms with Gasteiger partial charge >= 0.3 is 0 Å². The molecule has 2 aromatic carbocycles. The highest BCUT2D eigenvalue weighted by Crippen LogP contribution is 2.07. The summed E-state index contributed by atoms with van der Waals surface area (Å²) < 4.78 is 12.8. The summed E-state index contributed by atoms with van der Waals surface area (Å²) in [4.78, 5) is 11.9. The van der Waals surface area contributed by atoms with Gasteiger partial charge in [0, 0.05) is 6.54 Å². The molecule has 104 valence electrons. The Kier molecular flexibility index (Phi) is 4.84. The van der Waals surface area contributed by atoms with Gasteiger partial charge in [-0.1, -0.05) is 42.5 Å². The lowest BCUT2D eigenvalue weighted by atomic mass is 10.1. The van der Waals surface area contributed by atoms with Crippen molar-refractivity contribution in [1.82, 2.24) is 5.32 Å². The van der Waals surface area contributed by atoms with Crippen LogP contribution >= 0.6 is 0 Å². The Balaban J connectivity index is 2.03. The van der Waals surface area contributed by atoms with Gasteiger partial charge in [0.05, 0.1) is 0 Å². The third kappa shape index (κ3) is 4.29. The predicted molar refractivity (Wildman–Crippen MR) is 78.3 cm³/mol. The van der Waals surface area contributed by atoms with Gasteiger partial charge in [0.1, 0.15) is 17.5 Å². The standard InChI is InChI=1S/C17H13FN2O/c18-16-8-6-14(7-9-16)12-20-17(21)15(11-19)10-13-4-2-1-3-5-13/h1-10H,12H2,(H,20,21)/b15-10+. The smallest absolute Gasteiger partial charge is 0.262 e. The van der Waals surface area contributed by atoms with Crippen molar-refractivity contribution >= 4 is 12.0 Å². The second-order valence-corrected chi connectivity index (χ2v) is 4.39. The number of benzene rings is 2. The van der Waals surface area contributed by atoms with E-state index in [0.29, 0.717) is 0 Å². The number of hydrogen-bond donors (Lipinski definition) is 1. The van der Waals surface area contributed by atoms with Crippen molar-refractivity contribution < 1.29 is 9.18 Å². The first-order chi connectivity index (χ1) is 10.2. The summed E-state index contributed by atoms with van der Waals surface area (Å²) in [7, 11) is 0. The number of nitrogens with one attached hydrogen (secondary N) is 1. The van der Waals surface area contributed by atoms with Gasteiger partial charge in [-0.2, -0.15) is 5.26 Å². The largest absolute Gasteiger partial charge is 0.347 e. The lowest BCUT2D eigenvalue weighted by Gasteiger charge is -2.04. The number of hydrogen-bond acceptors (Lipinski definition) is 2.